The Morgan fingerprint density at radius 1 is 0.607 bits per heavy atom. The number of rotatable bonds is 47. The SMILES string of the molecule is CCCCCCCCCCC/C=C\CCCCCCCC(=O)NC(COC1OC(CO)C(OC2OC(CO)C(O)C(OC3(C(=O)O)CC(O)C(NC(C)=O)C(C(O)C(O)CO)O3)C2O)C(O)C1O)C(O)CCCCCCCCCCCCCC. The molecule has 3 fully saturated rings. The zero-order chi connectivity index (χ0) is 61.9. The standard InChI is InChI=1S/C61H112N2O21/c1-4-6-8-10-12-14-16-18-19-20-21-22-23-25-27-29-31-33-35-48(71)63-42(43(68)34-32-30-28-26-24-17-15-13-11-9-7-5-2)40-79-58-53(75)52(74)55(47(39-66)81-58)82-59-54(76)57(51(73)46(38-65)80-59)84-61(60(77)78)36-44(69)49(62-41(3)67)56(83-61)50(72)45(70)37-64/h21-22,42-47,49-59,64-66,68-70,72-76H,4-20,23-40H2,1-3H3,(H,62,67)(H,63,71)(H,77,78)/b22-21-. The van der Waals surface area contributed by atoms with Gasteiger partial charge in [-0.05, 0) is 38.5 Å². The van der Waals surface area contributed by atoms with Crippen LogP contribution in [0.4, 0.5) is 0 Å². The molecule has 2 amide bonds. The number of hydrogen-bond acceptors (Lipinski definition) is 20. The maximum atomic E-state index is 13.4. The summed E-state index contributed by atoms with van der Waals surface area (Å²) < 4.78 is 34.7. The molecule has 84 heavy (non-hydrogen) atoms. The van der Waals surface area contributed by atoms with E-state index in [4.69, 9.17) is 28.4 Å². The second kappa shape index (κ2) is 43.2. The van der Waals surface area contributed by atoms with Gasteiger partial charge in [0.15, 0.2) is 12.6 Å². The smallest absolute Gasteiger partial charge is 0.364 e. The maximum Gasteiger partial charge on any atom is 0.364 e. The summed E-state index contributed by atoms with van der Waals surface area (Å²) in [6, 6.07) is -2.53. The van der Waals surface area contributed by atoms with Gasteiger partial charge in [0.25, 0.3) is 5.79 Å². The molecule has 3 saturated heterocycles. The van der Waals surface area contributed by atoms with Crippen LogP contribution in [-0.4, -0.2) is 215 Å². The predicted octanol–water partition coefficient (Wildman–Crippen LogP) is 3.95. The summed E-state index contributed by atoms with van der Waals surface area (Å²) in [6.45, 7) is 2.17. The third-order valence-electron chi connectivity index (χ3n) is 16.5. The molecule has 3 aliphatic rings. The molecule has 3 rings (SSSR count). The van der Waals surface area contributed by atoms with Gasteiger partial charge in [-0.1, -0.05) is 174 Å². The summed E-state index contributed by atoms with van der Waals surface area (Å²) in [5.41, 5.74) is 0. The molecule has 0 aromatic rings. The average Bonchev–Trinajstić information content (AvgIpc) is 3.65. The van der Waals surface area contributed by atoms with E-state index in [2.05, 4.69) is 36.6 Å². The van der Waals surface area contributed by atoms with Crippen molar-refractivity contribution in [3.8, 4) is 0 Å². The Labute approximate surface area is 499 Å². The Morgan fingerprint density at radius 2 is 1.11 bits per heavy atom. The molecule has 23 heteroatoms. The van der Waals surface area contributed by atoms with Crippen molar-refractivity contribution in [2.45, 2.75) is 330 Å². The van der Waals surface area contributed by atoms with Gasteiger partial charge in [-0.25, -0.2) is 4.79 Å². The summed E-state index contributed by atoms with van der Waals surface area (Å²) >= 11 is 0. The zero-order valence-electron chi connectivity index (χ0n) is 50.8. The van der Waals surface area contributed by atoms with Gasteiger partial charge in [-0.15, -0.1) is 0 Å². The summed E-state index contributed by atoms with van der Waals surface area (Å²) in [5, 5.41) is 136. The summed E-state index contributed by atoms with van der Waals surface area (Å²) in [4.78, 5) is 38.4. The number of aliphatic carboxylic acids is 1. The molecule has 0 spiro atoms. The van der Waals surface area contributed by atoms with Crippen molar-refractivity contribution in [3.05, 3.63) is 12.2 Å². The van der Waals surface area contributed by atoms with Gasteiger partial charge in [-0.2, -0.15) is 0 Å². The summed E-state index contributed by atoms with van der Waals surface area (Å²) in [7, 11) is 0. The van der Waals surface area contributed by atoms with Gasteiger partial charge in [0.2, 0.25) is 11.8 Å². The first-order valence-electron chi connectivity index (χ1n) is 32.0. The van der Waals surface area contributed by atoms with Gasteiger partial charge in [0.1, 0.15) is 67.1 Å². The van der Waals surface area contributed by atoms with Crippen molar-refractivity contribution in [2.24, 2.45) is 0 Å². The highest BCUT2D eigenvalue weighted by Crippen LogP contribution is 2.38. The molecular formula is C61H112N2O21. The van der Waals surface area contributed by atoms with Gasteiger partial charge in [0, 0.05) is 19.8 Å². The third-order valence-corrected chi connectivity index (χ3v) is 16.5. The van der Waals surface area contributed by atoms with Crippen LogP contribution in [0, 0.1) is 0 Å². The number of allylic oxidation sites excluding steroid dienone is 2. The number of amides is 2. The number of hydrogen-bond donors (Lipinski definition) is 14. The molecule has 0 bridgehead atoms. The molecule has 0 saturated carbocycles. The lowest BCUT2D eigenvalue weighted by Crippen LogP contribution is -2.70. The van der Waals surface area contributed by atoms with Crippen molar-refractivity contribution >= 4 is 17.8 Å². The van der Waals surface area contributed by atoms with Crippen molar-refractivity contribution < 1.29 is 104 Å². The molecular weight excluding hydrogens is 1100 g/mol. The van der Waals surface area contributed by atoms with Crippen LogP contribution in [0.1, 0.15) is 220 Å². The first-order valence-corrected chi connectivity index (χ1v) is 32.0. The number of carbonyl (C=O) groups is 3. The van der Waals surface area contributed by atoms with Crippen molar-refractivity contribution in [3.63, 3.8) is 0 Å². The van der Waals surface area contributed by atoms with Gasteiger partial charge in [-0.3, -0.25) is 9.59 Å². The minimum atomic E-state index is -3.08. The highest BCUT2D eigenvalue weighted by Gasteiger charge is 2.60. The fourth-order valence-corrected chi connectivity index (χ4v) is 11.3. The first-order chi connectivity index (χ1) is 40.4. The molecule has 18 atom stereocenters. The van der Waals surface area contributed by atoms with E-state index in [-0.39, 0.29) is 18.9 Å². The highest BCUT2D eigenvalue weighted by atomic mass is 16.8. The maximum absolute atomic E-state index is 13.4. The van der Waals surface area contributed by atoms with E-state index in [0.29, 0.717) is 19.3 Å². The van der Waals surface area contributed by atoms with Crippen LogP contribution in [-0.2, 0) is 42.8 Å². The Balaban J connectivity index is 1.63. The van der Waals surface area contributed by atoms with Gasteiger partial charge < -0.3 is 100 Å². The number of carboxylic acids is 1. The molecule has 3 heterocycles. The second-order valence-corrected chi connectivity index (χ2v) is 23.6. The molecule has 14 N–H and O–H groups in total. The van der Waals surface area contributed by atoms with Crippen LogP contribution in [0.25, 0.3) is 0 Å². The monoisotopic (exact) mass is 1210 g/mol. The van der Waals surface area contributed by atoms with Crippen LogP contribution >= 0.6 is 0 Å². The van der Waals surface area contributed by atoms with E-state index < -0.39 is 148 Å². The average molecular weight is 1210 g/mol. The van der Waals surface area contributed by atoms with E-state index in [0.717, 1.165) is 71.1 Å². The number of carbonyl (C=O) groups excluding carboxylic acids is 2. The van der Waals surface area contributed by atoms with E-state index in [1.807, 2.05) is 0 Å². The predicted molar refractivity (Wildman–Crippen MR) is 311 cm³/mol. The van der Waals surface area contributed by atoms with Gasteiger partial charge >= 0.3 is 5.97 Å². The number of unbranched alkanes of at least 4 members (excludes halogenated alkanes) is 25. The van der Waals surface area contributed by atoms with Crippen LogP contribution in [0.2, 0.25) is 0 Å². The highest BCUT2D eigenvalue weighted by molar-refractivity contribution is 5.77. The lowest BCUT2D eigenvalue weighted by Gasteiger charge is -2.50. The zero-order valence-corrected chi connectivity index (χ0v) is 50.8. The Kier molecular flexibility index (Phi) is 38.9. The van der Waals surface area contributed by atoms with Gasteiger partial charge in [0.05, 0.1) is 50.7 Å². The molecule has 0 aromatic carbocycles. The number of aliphatic hydroxyl groups is 11. The topological polar surface area (TPSA) is 373 Å². The van der Waals surface area contributed by atoms with Crippen LogP contribution < -0.4 is 10.6 Å². The van der Waals surface area contributed by atoms with Crippen molar-refractivity contribution in [1.82, 2.24) is 10.6 Å². The normalized spacial score (nSPS) is 29.8. The van der Waals surface area contributed by atoms with Crippen LogP contribution in [0.15, 0.2) is 12.2 Å². The Morgan fingerprint density at radius 3 is 1.61 bits per heavy atom. The molecule has 0 aliphatic carbocycles. The Bertz CT molecular complexity index is 1770. The fourth-order valence-electron chi connectivity index (χ4n) is 11.3. The largest absolute Gasteiger partial charge is 0.477 e. The summed E-state index contributed by atoms with van der Waals surface area (Å²) in [6.07, 6.45) is 8.05. The van der Waals surface area contributed by atoms with Crippen LogP contribution in [0.5, 0.6) is 0 Å². The number of carboxylic acid groups (broad SMARTS) is 1. The molecule has 492 valence electrons. The Hall–Kier alpha value is -2.53. The van der Waals surface area contributed by atoms with Crippen LogP contribution in [0.3, 0.4) is 0 Å². The van der Waals surface area contributed by atoms with E-state index >= 15 is 0 Å². The van der Waals surface area contributed by atoms with Crippen molar-refractivity contribution in [2.75, 3.05) is 26.4 Å². The van der Waals surface area contributed by atoms with E-state index in [9.17, 15) is 75.7 Å². The van der Waals surface area contributed by atoms with E-state index in [1.165, 1.54) is 103 Å². The number of nitrogens with one attached hydrogen (secondary N) is 2. The third kappa shape index (κ3) is 26.7. The minimum absolute atomic E-state index is 0.215. The fraction of sp³-hybridized carbons (Fsp3) is 0.918. The molecule has 23 nitrogen and oxygen atoms in total. The molecule has 18 unspecified atom stereocenters. The first kappa shape index (κ1) is 75.7. The second-order valence-electron chi connectivity index (χ2n) is 23.6. The molecule has 0 radical (unpaired) electrons. The van der Waals surface area contributed by atoms with E-state index in [1.54, 1.807) is 0 Å². The lowest BCUT2D eigenvalue weighted by atomic mass is 9.88. The lowest BCUT2D eigenvalue weighted by molar-refractivity contribution is -0.386. The number of ether oxygens (including phenoxy) is 6. The summed E-state index contributed by atoms with van der Waals surface area (Å²) in [5.74, 6) is -6.11. The molecule has 0 aromatic heterocycles. The van der Waals surface area contributed by atoms with Crippen molar-refractivity contribution in [1.29, 1.82) is 0 Å². The minimum Gasteiger partial charge on any atom is -0.477 e. The quantitative estimate of drug-likeness (QED) is 0.0303. The molecule has 3 aliphatic heterocycles. The number of aliphatic hydroxyl groups excluding tert-OH is 11.